The number of rotatable bonds is 2. The van der Waals surface area contributed by atoms with E-state index in [4.69, 9.17) is 10.00 Å². The van der Waals surface area contributed by atoms with Crippen molar-refractivity contribution in [2.24, 2.45) is 0 Å². The highest BCUT2D eigenvalue weighted by Gasteiger charge is 2.11. The predicted octanol–water partition coefficient (Wildman–Crippen LogP) is 2.57. The molecule has 1 N–H and O–H groups in total. The second-order valence-corrected chi connectivity index (χ2v) is 3.88. The summed E-state index contributed by atoms with van der Waals surface area (Å²) in [6.07, 6.45) is 1.53. The number of imidazole rings is 1. The highest BCUT2D eigenvalue weighted by Crippen LogP contribution is 2.29. The molecule has 0 spiro atoms. The largest absolute Gasteiger partial charge is 0.496 e. The summed E-state index contributed by atoms with van der Waals surface area (Å²) in [6, 6.07) is 6.04. The summed E-state index contributed by atoms with van der Waals surface area (Å²) >= 11 is 0. The average molecular weight is 227 g/mol. The summed E-state index contributed by atoms with van der Waals surface area (Å²) in [6.45, 7) is 3.97. The van der Waals surface area contributed by atoms with E-state index in [1.165, 1.54) is 6.33 Å². The van der Waals surface area contributed by atoms with Gasteiger partial charge in [-0.15, -0.1) is 0 Å². The molecule has 1 aromatic carbocycles. The van der Waals surface area contributed by atoms with Crippen LogP contribution in [-0.4, -0.2) is 17.1 Å². The van der Waals surface area contributed by atoms with Crippen molar-refractivity contribution < 1.29 is 4.74 Å². The number of benzene rings is 1. The van der Waals surface area contributed by atoms with Gasteiger partial charge in [0.05, 0.1) is 19.1 Å². The first-order chi connectivity index (χ1) is 8.17. The number of methoxy groups -OCH3 is 1. The van der Waals surface area contributed by atoms with Gasteiger partial charge in [-0.25, -0.2) is 4.98 Å². The number of nitriles is 1. The Kier molecular flexibility index (Phi) is 2.84. The van der Waals surface area contributed by atoms with Crippen LogP contribution in [0, 0.1) is 25.2 Å². The molecule has 0 aliphatic rings. The van der Waals surface area contributed by atoms with Crippen LogP contribution >= 0.6 is 0 Å². The Labute approximate surface area is 99.9 Å². The zero-order valence-corrected chi connectivity index (χ0v) is 10.0. The van der Waals surface area contributed by atoms with Crippen LogP contribution in [-0.2, 0) is 0 Å². The van der Waals surface area contributed by atoms with Crippen LogP contribution in [0.15, 0.2) is 18.5 Å². The SMILES string of the molecule is COc1c(C)cc(-c2[nH]cnc2C#N)cc1C. The van der Waals surface area contributed by atoms with Gasteiger partial charge in [0.25, 0.3) is 0 Å². The van der Waals surface area contributed by atoms with Crippen LogP contribution in [0.5, 0.6) is 5.75 Å². The smallest absolute Gasteiger partial charge is 0.166 e. The number of aromatic amines is 1. The Hall–Kier alpha value is -2.28. The van der Waals surface area contributed by atoms with E-state index < -0.39 is 0 Å². The van der Waals surface area contributed by atoms with Gasteiger partial charge < -0.3 is 9.72 Å². The first-order valence-corrected chi connectivity index (χ1v) is 5.26. The van der Waals surface area contributed by atoms with Crippen molar-refractivity contribution in [3.63, 3.8) is 0 Å². The molecular weight excluding hydrogens is 214 g/mol. The molecule has 0 saturated heterocycles. The van der Waals surface area contributed by atoms with Crippen LogP contribution in [0.1, 0.15) is 16.8 Å². The van der Waals surface area contributed by atoms with Crippen LogP contribution < -0.4 is 4.74 Å². The Bertz CT molecular complexity index is 570. The van der Waals surface area contributed by atoms with Crippen molar-refractivity contribution in [2.75, 3.05) is 7.11 Å². The van der Waals surface area contributed by atoms with Gasteiger partial charge in [-0.1, -0.05) is 0 Å². The van der Waals surface area contributed by atoms with Crippen molar-refractivity contribution >= 4 is 0 Å². The fraction of sp³-hybridized carbons (Fsp3) is 0.231. The molecule has 17 heavy (non-hydrogen) atoms. The van der Waals surface area contributed by atoms with Gasteiger partial charge in [-0.2, -0.15) is 5.26 Å². The lowest BCUT2D eigenvalue weighted by Gasteiger charge is -2.10. The van der Waals surface area contributed by atoms with Gasteiger partial charge in [0.15, 0.2) is 5.69 Å². The van der Waals surface area contributed by atoms with Crippen molar-refractivity contribution in [3.8, 4) is 23.1 Å². The Morgan fingerprint density at radius 2 is 1.94 bits per heavy atom. The molecule has 0 aliphatic carbocycles. The molecule has 2 rings (SSSR count). The van der Waals surface area contributed by atoms with Crippen molar-refractivity contribution in [2.45, 2.75) is 13.8 Å². The van der Waals surface area contributed by atoms with Crippen LogP contribution in [0.4, 0.5) is 0 Å². The van der Waals surface area contributed by atoms with Crippen LogP contribution in [0.25, 0.3) is 11.3 Å². The summed E-state index contributed by atoms with van der Waals surface area (Å²) in [4.78, 5) is 6.96. The summed E-state index contributed by atoms with van der Waals surface area (Å²) in [5.41, 5.74) is 4.20. The van der Waals surface area contributed by atoms with Gasteiger partial charge >= 0.3 is 0 Å². The summed E-state index contributed by atoms with van der Waals surface area (Å²) in [7, 11) is 1.66. The molecule has 0 aliphatic heterocycles. The van der Waals surface area contributed by atoms with E-state index in [0.29, 0.717) is 5.69 Å². The topological polar surface area (TPSA) is 61.7 Å². The van der Waals surface area contributed by atoms with E-state index in [1.807, 2.05) is 26.0 Å². The highest BCUT2D eigenvalue weighted by molar-refractivity contribution is 5.68. The fourth-order valence-corrected chi connectivity index (χ4v) is 2.02. The maximum Gasteiger partial charge on any atom is 0.166 e. The van der Waals surface area contributed by atoms with Crippen molar-refractivity contribution in [3.05, 3.63) is 35.3 Å². The molecule has 2 aromatic rings. The fourth-order valence-electron chi connectivity index (χ4n) is 2.02. The lowest BCUT2D eigenvalue weighted by Crippen LogP contribution is -1.93. The van der Waals surface area contributed by atoms with Gasteiger partial charge in [0.2, 0.25) is 0 Å². The quantitative estimate of drug-likeness (QED) is 0.857. The number of hydrogen-bond acceptors (Lipinski definition) is 3. The van der Waals surface area contributed by atoms with Gasteiger partial charge in [-0.3, -0.25) is 0 Å². The Balaban J connectivity index is 2.59. The lowest BCUT2D eigenvalue weighted by molar-refractivity contribution is 0.408. The van der Waals surface area contributed by atoms with Crippen molar-refractivity contribution in [1.29, 1.82) is 5.26 Å². The molecule has 0 saturated carbocycles. The van der Waals surface area contributed by atoms with Crippen LogP contribution in [0.2, 0.25) is 0 Å². The van der Waals surface area contributed by atoms with E-state index in [2.05, 4.69) is 16.0 Å². The molecule has 0 amide bonds. The molecule has 1 heterocycles. The normalized spacial score (nSPS) is 10.0. The molecule has 0 fully saturated rings. The Morgan fingerprint density at radius 1 is 1.29 bits per heavy atom. The number of nitrogens with one attached hydrogen (secondary N) is 1. The predicted molar refractivity (Wildman–Crippen MR) is 64.8 cm³/mol. The highest BCUT2D eigenvalue weighted by atomic mass is 16.5. The minimum absolute atomic E-state index is 0.411. The number of nitrogens with zero attached hydrogens (tertiary/aromatic N) is 2. The molecule has 1 aromatic heterocycles. The Morgan fingerprint density at radius 3 is 2.47 bits per heavy atom. The zero-order chi connectivity index (χ0) is 12.4. The van der Waals surface area contributed by atoms with Crippen molar-refractivity contribution in [1.82, 2.24) is 9.97 Å². The van der Waals surface area contributed by atoms with E-state index in [0.717, 1.165) is 28.1 Å². The van der Waals surface area contributed by atoms with E-state index in [9.17, 15) is 0 Å². The van der Waals surface area contributed by atoms with Gasteiger partial charge in [-0.05, 0) is 37.1 Å². The standard InChI is InChI=1S/C13H13N3O/c1-8-4-10(5-9(2)13(8)17-3)12-11(6-14)15-7-16-12/h4-5,7H,1-3H3,(H,15,16). The number of H-pyrrole nitrogens is 1. The first-order valence-electron chi connectivity index (χ1n) is 5.26. The molecule has 0 unspecified atom stereocenters. The second-order valence-electron chi connectivity index (χ2n) is 3.88. The zero-order valence-electron chi connectivity index (χ0n) is 10.0. The summed E-state index contributed by atoms with van der Waals surface area (Å²) < 4.78 is 5.31. The molecule has 0 bridgehead atoms. The molecule has 86 valence electrons. The van der Waals surface area contributed by atoms with E-state index in [-0.39, 0.29) is 0 Å². The molecule has 4 nitrogen and oxygen atoms in total. The molecular formula is C13H13N3O. The minimum Gasteiger partial charge on any atom is -0.496 e. The lowest BCUT2D eigenvalue weighted by atomic mass is 10.0. The van der Waals surface area contributed by atoms with Crippen LogP contribution in [0.3, 0.4) is 0 Å². The van der Waals surface area contributed by atoms with Gasteiger partial charge in [0.1, 0.15) is 11.8 Å². The van der Waals surface area contributed by atoms with E-state index >= 15 is 0 Å². The molecule has 0 radical (unpaired) electrons. The number of aromatic nitrogens is 2. The maximum absolute atomic E-state index is 8.95. The summed E-state index contributed by atoms with van der Waals surface area (Å²) in [5, 5.41) is 8.95. The first kappa shape index (κ1) is 11.2. The summed E-state index contributed by atoms with van der Waals surface area (Å²) in [5.74, 6) is 0.881. The average Bonchev–Trinajstić information content (AvgIpc) is 2.76. The third-order valence-corrected chi connectivity index (χ3v) is 2.70. The third kappa shape index (κ3) is 1.87. The van der Waals surface area contributed by atoms with E-state index in [1.54, 1.807) is 7.11 Å². The maximum atomic E-state index is 8.95. The van der Waals surface area contributed by atoms with Gasteiger partial charge in [0, 0.05) is 5.56 Å². The molecule has 4 heteroatoms. The molecule has 0 atom stereocenters. The second kappa shape index (κ2) is 4.30. The third-order valence-electron chi connectivity index (χ3n) is 2.70. The number of ether oxygens (including phenoxy) is 1. The number of aryl methyl sites for hydroxylation is 2. The minimum atomic E-state index is 0.411. The monoisotopic (exact) mass is 227 g/mol. The number of hydrogen-bond donors (Lipinski definition) is 1.